The van der Waals surface area contributed by atoms with Crippen molar-refractivity contribution >= 4 is 33.2 Å². The fourth-order valence-electron chi connectivity index (χ4n) is 1.91. The quantitative estimate of drug-likeness (QED) is 0.814. The van der Waals surface area contributed by atoms with Crippen molar-refractivity contribution in [2.24, 2.45) is 0 Å². The third-order valence-electron chi connectivity index (χ3n) is 2.98. The lowest BCUT2D eigenvalue weighted by Crippen LogP contribution is -2.03. The molecule has 0 heterocycles. The van der Waals surface area contributed by atoms with Gasteiger partial charge >= 0.3 is 0 Å². The van der Waals surface area contributed by atoms with Crippen LogP contribution in [0.1, 0.15) is 11.1 Å². The molecule has 0 unspecified atom stereocenters. The van der Waals surface area contributed by atoms with Crippen LogP contribution in [0.2, 0.25) is 5.02 Å². The predicted molar refractivity (Wildman–Crippen MR) is 84.2 cm³/mol. The average Bonchev–Trinajstić information content (AvgIpc) is 2.41. The molecule has 0 saturated heterocycles. The van der Waals surface area contributed by atoms with E-state index in [-0.39, 0.29) is 5.82 Å². The third kappa shape index (κ3) is 3.44. The van der Waals surface area contributed by atoms with E-state index >= 15 is 0 Å². The molecule has 0 radical (unpaired) electrons. The summed E-state index contributed by atoms with van der Waals surface area (Å²) in [5.74, 6) is 0.495. The summed E-state index contributed by atoms with van der Waals surface area (Å²) in [6.07, 6.45) is 0. The Hall–Kier alpha value is -1.26. The number of anilines is 1. The SMILES string of the molecule is COc1ccc(Cl)cc1CNc1cc(Br)c(F)cc1C. The van der Waals surface area contributed by atoms with Crippen LogP contribution in [-0.4, -0.2) is 7.11 Å². The molecule has 1 N–H and O–H groups in total. The first-order valence-corrected chi connectivity index (χ1v) is 7.20. The molecule has 0 aliphatic rings. The summed E-state index contributed by atoms with van der Waals surface area (Å²) in [5.41, 5.74) is 2.65. The van der Waals surface area contributed by atoms with E-state index in [9.17, 15) is 4.39 Å². The molecule has 106 valence electrons. The van der Waals surface area contributed by atoms with Gasteiger partial charge in [-0.25, -0.2) is 4.39 Å². The number of halogens is 3. The van der Waals surface area contributed by atoms with Gasteiger partial charge < -0.3 is 10.1 Å². The molecule has 20 heavy (non-hydrogen) atoms. The van der Waals surface area contributed by atoms with Gasteiger partial charge in [-0.3, -0.25) is 0 Å². The van der Waals surface area contributed by atoms with Crippen molar-refractivity contribution in [3.8, 4) is 5.75 Å². The Bertz CT molecular complexity index is 634. The number of nitrogens with one attached hydrogen (secondary N) is 1. The molecule has 0 aliphatic carbocycles. The number of aryl methyl sites for hydroxylation is 1. The van der Waals surface area contributed by atoms with E-state index in [0.29, 0.717) is 16.0 Å². The van der Waals surface area contributed by atoms with Crippen molar-refractivity contribution < 1.29 is 9.13 Å². The zero-order valence-corrected chi connectivity index (χ0v) is 13.5. The zero-order valence-electron chi connectivity index (χ0n) is 11.1. The first kappa shape index (κ1) is 15.1. The first-order valence-electron chi connectivity index (χ1n) is 6.03. The largest absolute Gasteiger partial charge is 0.496 e. The van der Waals surface area contributed by atoms with Crippen molar-refractivity contribution in [3.63, 3.8) is 0 Å². The van der Waals surface area contributed by atoms with Gasteiger partial charge in [0, 0.05) is 22.8 Å². The van der Waals surface area contributed by atoms with Gasteiger partial charge in [-0.1, -0.05) is 11.6 Å². The van der Waals surface area contributed by atoms with Gasteiger partial charge in [0.25, 0.3) is 0 Å². The van der Waals surface area contributed by atoms with E-state index in [1.165, 1.54) is 6.07 Å². The van der Waals surface area contributed by atoms with E-state index in [2.05, 4.69) is 21.2 Å². The number of methoxy groups -OCH3 is 1. The van der Waals surface area contributed by atoms with Crippen LogP contribution in [0.3, 0.4) is 0 Å². The van der Waals surface area contributed by atoms with Crippen LogP contribution in [0, 0.1) is 12.7 Å². The minimum atomic E-state index is -0.270. The highest BCUT2D eigenvalue weighted by molar-refractivity contribution is 9.10. The second kappa shape index (κ2) is 6.46. The van der Waals surface area contributed by atoms with Crippen LogP contribution in [0.15, 0.2) is 34.8 Å². The summed E-state index contributed by atoms with van der Waals surface area (Å²) >= 11 is 9.18. The molecule has 2 aromatic carbocycles. The predicted octanol–water partition coefficient (Wildman–Crippen LogP) is 5.17. The normalized spacial score (nSPS) is 10.4. The van der Waals surface area contributed by atoms with Gasteiger partial charge in [0.2, 0.25) is 0 Å². The Morgan fingerprint density at radius 1 is 1.30 bits per heavy atom. The average molecular weight is 359 g/mol. The van der Waals surface area contributed by atoms with Crippen LogP contribution < -0.4 is 10.1 Å². The van der Waals surface area contributed by atoms with Gasteiger partial charge in [-0.2, -0.15) is 0 Å². The van der Waals surface area contributed by atoms with Gasteiger partial charge in [0.1, 0.15) is 11.6 Å². The number of hydrogen-bond donors (Lipinski definition) is 1. The van der Waals surface area contributed by atoms with Gasteiger partial charge in [0.05, 0.1) is 11.6 Å². The number of benzene rings is 2. The fourth-order valence-corrected chi connectivity index (χ4v) is 2.45. The maximum atomic E-state index is 13.4. The summed E-state index contributed by atoms with van der Waals surface area (Å²) in [6, 6.07) is 8.67. The molecule has 0 aromatic heterocycles. The second-order valence-corrected chi connectivity index (χ2v) is 5.68. The minimum Gasteiger partial charge on any atom is -0.496 e. The fraction of sp³-hybridized carbons (Fsp3) is 0.200. The minimum absolute atomic E-state index is 0.270. The highest BCUT2D eigenvalue weighted by Gasteiger charge is 2.07. The van der Waals surface area contributed by atoms with E-state index in [0.717, 1.165) is 22.6 Å². The van der Waals surface area contributed by atoms with Crippen LogP contribution >= 0.6 is 27.5 Å². The van der Waals surface area contributed by atoms with Crippen LogP contribution in [-0.2, 0) is 6.54 Å². The van der Waals surface area contributed by atoms with Crippen LogP contribution in [0.5, 0.6) is 5.75 Å². The Morgan fingerprint density at radius 2 is 2.05 bits per heavy atom. The smallest absolute Gasteiger partial charge is 0.137 e. The van der Waals surface area contributed by atoms with Crippen molar-refractivity contribution in [3.05, 3.63) is 56.8 Å². The Morgan fingerprint density at radius 3 is 2.75 bits per heavy atom. The van der Waals surface area contributed by atoms with Crippen molar-refractivity contribution in [1.82, 2.24) is 0 Å². The lowest BCUT2D eigenvalue weighted by atomic mass is 10.1. The molecule has 0 amide bonds. The van der Waals surface area contributed by atoms with Crippen LogP contribution in [0.25, 0.3) is 0 Å². The molecule has 0 saturated carbocycles. The Labute approximate surface area is 131 Å². The maximum Gasteiger partial charge on any atom is 0.137 e. The van der Waals surface area contributed by atoms with E-state index in [1.807, 2.05) is 19.1 Å². The molecule has 0 aliphatic heterocycles. The van der Waals surface area contributed by atoms with Crippen LogP contribution in [0.4, 0.5) is 10.1 Å². The summed E-state index contributed by atoms with van der Waals surface area (Å²) in [4.78, 5) is 0. The van der Waals surface area contributed by atoms with E-state index < -0.39 is 0 Å². The van der Waals surface area contributed by atoms with Gasteiger partial charge in [-0.15, -0.1) is 0 Å². The molecular weight excluding hydrogens is 345 g/mol. The molecule has 2 rings (SSSR count). The Balaban J connectivity index is 2.21. The topological polar surface area (TPSA) is 21.3 Å². The zero-order chi connectivity index (χ0) is 14.7. The highest BCUT2D eigenvalue weighted by atomic mass is 79.9. The van der Waals surface area contributed by atoms with E-state index in [1.54, 1.807) is 19.2 Å². The Kier molecular flexibility index (Phi) is 4.89. The standard InChI is InChI=1S/C15H14BrClFNO/c1-9-5-13(18)12(16)7-14(9)19-8-10-6-11(17)3-4-15(10)20-2/h3-7,19H,8H2,1-2H3. The monoisotopic (exact) mass is 357 g/mol. The van der Waals surface area contributed by atoms with Gasteiger partial charge in [-0.05, 0) is 58.7 Å². The van der Waals surface area contributed by atoms with Crippen molar-refractivity contribution in [2.45, 2.75) is 13.5 Å². The van der Waals surface area contributed by atoms with E-state index in [4.69, 9.17) is 16.3 Å². The molecule has 5 heteroatoms. The van der Waals surface area contributed by atoms with Crippen molar-refractivity contribution in [1.29, 1.82) is 0 Å². The summed E-state index contributed by atoms with van der Waals surface area (Å²) in [7, 11) is 1.62. The third-order valence-corrected chi connectivity index (χ3v) is 3.82. The molecule has 0 fully saturated rings. The summed E-state index contributed by atoms with van der Waals surface area (Å²) in [6.45, 7) is 2.40. The maximum absolute atomic E-state index is 13.4. The summed E-state index contributed by atoms with van der Waals surface area (Å²) < 4.78 is 19.1. The van der Waals surface area contributed by atoms with Crippen molar-refractivity contribution in [2.75, 3.05) is 12.4 Å². The lowest BCUT2D eigenvalue weighted by molar-refractivity contribution is 0.410. The molecule has 0 spiro atoms. The molecule has 0 bridgehead atoms. The number of hydrogen-bond acceptors (Lipinski definition) is 2. The molecular formula is C15H14BrClFNO. The molecule has 2 aromatic rings. The van der Waals surface area contributed by atoms with Gasteiger partial charge in [0.15, 0.2) is 0 Å². The number of rotatable bonds is 4. The number of ether oxygens (including phenoxy) is 1. The first-order chi connectivity index (χ1) is 9.51. The summed E-state index contributed by atoms with van der Waals surface area (Å²) in [5, 5.41) is 3.92. The molecule has 2 nitrogen and oxygen atoms in total. The lowest BCUT2D eigenvalue weighted by Gasteiger charge is -2.13. The molecule has 0 atom stereocenters. The highest BCUT2D eigenvalue weighted by Crippen LogP contribution is 2.27. The second-order valence-electron chi connectivity index (χ2n) is 4.39.